The lowest BCUT2D eigenvalue weighted by Gasteiger charge is -2.29. The molecule has 0 saturated heterocycles. The maximum atomic E-state index is 5.24. The predicted octanol–water partition coefficient (Wildman–Crippen LogP) is 3.95. The van der Waals surface area contributed by atoms with Crippen LogP contribution in [0.15, 0.2) is 29.3 Å². The van der Waals surface area contributed by atoms with Crippen LogP contribution in [0.3, 0.4) is 0 Å². The second-order valence-corrected chi connectivity index (χ2v) is 7.86. The Morgan fingerprint density at radius 1 is 1.17 bits per heavy atom. The predicted molar refractivity (Wildman–Crippen MR) is 131 cm³/mol. The molecule has 166 valence electrons. The van der Waals surface area contributed by atoms with Gasteiger partial charge < -0.3 is 19.9 Å². The van der Waals surface area contributed by atoms with Gasteiger partial charge in [0.1, 0.15) is 11.6 Å². The van der Waals surface area contributed by atoms with Crippen molar-refractivity contribution < 1.29 is 4.74 Å². The number of halogens is 1. The standard InChI is InChI=1S/C22H34N6O.HI/c1-5-17-6-10-19(11-7-17)25-22(24-15-21-27-26-16(2)28(21)3)23-14-18-8-12-20(29-4)13-9-18;/h8-9,12-13,17,19H,5-7,10-11,14-15H2,1-4H3,(H2,23,24,25);1H. The molecule has 0 unspecified atom stereocenters. The van der Waals surface area contributed by atoms with E-state index < -0.39 is 0 Å². The number of aryl methyl sites for hydroxylation is 1. The number of rotatable bonds is 7. The Morgan fingerprint density at radius 3 is 2.43 bits per heavy atom. The Kier molecular flexibility index (Phi) is 9.87. The Morgan fingerprint density at radius 2 is 1.87 bits per heavy atom. The normalized spacial score (nSPS) is 19.1. The Labute approximate surface area is 197 Å². The maximum absolute atomic E-state index is 5.24. The summed E-state index contributed by atoms with van der Waals surface area (Å²) >= 11 is 0. The summed E-state index contributed by atoms with van der Waals surface area (Å²) in [7, 11) is 3.67. The quantitative estimate of drug-likeness (QED) is 0.325. The molecule has 1 fully saturated rings. The third-order valence-electron chi connectivity index (χ3n) is 5.94. The minimum atomic E-state index is 0. The highest BCUT2D eigenvalue weighted by Gasteiger charge is 2.20. The van der Waals surface area contributed by atoms with Gasteiger partial charge in [0.15, 0.2) is 11.8 Å². The highest BCUT2D eigenvalue weighted by Crippen LogP contribution is 2.26. The van der Waals surface area contributed by atoms with E-state index in [9.17, 15) is 0 Å². The molecular weight excluding hydrogens is 491 g/mol. The number of aliphatic imine (C=N–C) groups is 1. The van der Waals surface area contributed by atoms with Crippen LogP contribution in [0.25, 0.3) is 0 Å². The van der Waals surface area contributed by atoms with Crippen molar-refractivity contribution in [3.8, 4) is 5.75 Å². The van der Waals surface area contributed by atoms with Crippen LogP contribution in [-0.2, 0) is 20.1 Å². The summed E-state index contributed by atoms with van der Waals surface area (Å²) in [5.41, 5.74) is 1.15. The van der Waals surface area contributed by atoms with Crippen LogP contribution >= 0.6 is 24.0 Å². The SMILES string of the molecule is CCC1CCC(NC(=NCc2ccc(OC)cc2)NCc2nnc(C)n2C)CC1.I. The first kappa shape index (κ1) is 24.4. The van der Waals surface area contributed by atoms with Crippen molar-refractivity contribution in [2.45, 2.75) is 65.1 Å². The molecule has 1 aliphatic carbocycles. The van der Waals surface area contributed by atoms with Gasteiger partial charge in [0, 0.05) is 13.1 Å². The number of guanidine groups is 1. The zero-order valence-corrected chi connectivity index (χ0v) is 20.8. The van der Waals surface area contributed by atoms with E-state index in [1.807, 2.05) is 30.7 Å². The second-order valence-electron chi connectivity index (χ2n) is 7.86. The van der Waals surface area contributed by atoms with Gasteiger partial charge in [0.2, 0.25) is 0 Å². The molecule has 3 rings (SSSR count). The van der Waals surface area contributed by atoms with Gasteiger partial charge in [-0.2, -0.15) is 0 Å². The Bertz CT molecular complexity index is 796. The van der Waals surface area contributed by atoms with Crippen LogP contribution in [0, 0.1) is 12.8 Å². The monoisotopic (exact) mass is 526 g/mol. The molecule has 0 bridgehead atoms. The van der Waals surface area contributed by atoms with Crippen LogP contribution in [0.5, 0.6) is 5.75 Å². The molecule has 2 aromatic rings. The van der Waals surface area contributed by atoms with Crippen molar-refractivity contribution in [1.29, 1.82) is 0 Å². The van der Waals surface area contributed by atoms with Gasteiger partial charge in [-0.15, -0.1) is 34.2 Å². The van der Waals surface area contributed by atoms with Crippen molar-refractivity contribution in [2.75, 3.05) is 7.11 Å². The fourth-order valence-corrected chi connectivity index (χ4v) is 3.73. The van der Waals surface area contributed by atoms with Crippen LogP contribution in [0.4, 0.5) is 0 Å². The zero-order chi connectivity index (χ0) is 20.6. The van der Waals surface area contributed by atoms with E-state index in [1.165, 1.54) is 32.1 Å². The molecule has 0 radical (unpaired) electrons. The fourth-order valence-electron chi connectivity index (χ4n) is 3.73. The van der Waals surface area contributed by atoms with Gasteiger partial charge in [-0.1, -0.05) is 25.5 Å². The first-order chi connectivity index (χ1) is 14.1. The van der Waals surface area contributed by atoms with Gasteiger partial charge in [-0.3, -0.25) is 0 Å². The minimum absolute atomic E-state index is 0. The summed E-state index contributed by atoms with van der Waals surface area (Å²) in [6.07, 6.45) is 6.27. The first-order valence-corrected chi connectivity index (χ1v) is 10.6. The molecule has 0 amide bonds. The summed E-state index contributed by atoms with van der Waals surface area (Å²) in [4.78, 5) is 4.83. The Balaban J connectivity index is 0.00000320. The van der Waals surface area contributed by atoms with Gasteiger partial charge in [0.05, 0.1) is 20.2 Å². The summed E-state index contributed by atoms with van der Waals surface area (Å²) < 4.78 is 7.24. The van der Waals surface area contributed by atoms with E-state index >= 15 is 0 Å². The van der Waals surface area contributed by atoms with E-state index in [4.69, 9.17) is 9.73 Å². The number of hydrogen-bond donors (Lipinski definition) is 2. The molecule has 7 nitrogen and oxygen atoms in total. The summed E-state index contributed by atoms with van der Waals surface area (Å²) in [6.45, 7) is 5.46. The summed E-state index contributed by atoms with van der Waals surface area (Å²) in [6, 6.07) is 8.53. The number of ether oxygens (including phenoxy) is 1. The lowest BCUT2D eigenvalue weighted by atomic mass is 9.84. The van der Waals surface area contributed by atoms with E-state index in [2.05, 4.69) is 39.9 Å². The lowest BCUT2D eigenvalue weighted by Crippen LogP contribution is -2.45. The minimum Gasteiger partial charge on any atom is -0.497 e. The van der Waals surface area contributed by atoms with Crippen molar-refractivity contribution in [2.24, 2.45) is 18.0 Å². The number of nitrogens with zero attached hydrogens (tertiary/aromatic N) is 4. The summed E-state index contributed by atoms with van der Waals surface area (Å²) in [5.74, 6) is 4.38. The number of nitrogens with one attached hydrogen (secondary N) is 2. The second kappa shape index (κ2) is 12.1. The van der Waals surface area contributed by atoms with Crippen LogP contribution < -0.4 is 15.4 Å². The lowest BCUT2D eigenvalue weighted by molar-refractivity contribution is 0.304. The number of benzene rings is 1. The third kappa shape index (κ3) is 6.85. The molecule has 2 N–H and O–H groups in total. The van der Waals surface area contributed by atoms with Gasteiger partial charge >= 0.3 is 0 Å². The van der Waals surface area contributed by atoms with Crippen LogP contribution in [0.2, 0.25) is 0 Å². The van der Waals surface area contributed by atoms with Gasteiger partial charge in [0.25, 0.3) is 0 Å². The molecule has 1 heterocycles. The van der Waals surface area contributed by atoms with Crippen molar-refractivity contribution in [3.63, 3.8) is 0 Å². The molecular formula is C22H35IN6O. The number of methoxy groups -OCH3 is 1. The zero-order valence-electron chi connectivity index (χ0n) is 18.5. The smallest absolute Gasteiger partial charge is 0.192 e. The third-order valence-corrected chi connectivity index (χ3v) is 5.94. The van der Waals surface area contributed by atoms with Gasteiger partial charge in [-0.05, 0) is 56.2 Å². The van der Waals surface area contributed by atoms with Crippen molar-refractivity contribution in [3.05, 3.63) is 41.5 Å². The van der Waals surface area contributed by atoms with Crippen LogP contribution in [0.1, 0.15) is 56.2 Å². The highest BCUT2D eigenvalue weighted by molar-refractivity contribution is 14.0. The maximum Gasteiger partial charge on any atom is 0.192 e. The molecule has 0 aliphatic heterocycles. The average Bonchev–Trinajstić information content (AvgIpc) is 3.08. The molecule has 1 saturated carbocycles. The van der Waals surface area contributed by atoms with E-state index in [0.29, 0.717) is 19.1 Å². The molecule has 1 aliphatic rings. The van der Waals surface area contributed by atoms with E-state index in [-0.39, 0.29) is 24.0 Å². The number of hydrogen-bond acceptors (Lipinski definition) is 4. The molecule has 30 heavy (non-hydrogen) atoms. The molecule has 0 spiro atoms. The molecule has 8 heteroatoms. The molecule has 1 aromatic heterocycles. The topological polar surface area (TPSA) is 76.4 Å². The fraction of sp³-hybridized carbons (Fsp3) is 0.591. The highest BCUT2D eigenvalue weighted by atomic mass is 127. The number of aromatic nitrogens is 3. The van der Waals surface area contributed by atoms with Crippen molar-refractivity contribution in [1.82, 2.24) is 25.4 Å². The Hall–Kier alpha value is -1.84. The van der Waals surface area contributed by atoms with E-state index in [1.54, 1.807) is 7.11 Å². The van der Waals surface area contributed by atoms with Gasteiger partial charge in [-0.25, -0.2) is 4.99 Å². The largest absolute Gasteiger partial charge is 0.497 e. The van der Waals surface area contributed by atoms with Crippen LogP contribution in [-0.4, -0.2) is 33.9 Å². The summed E-state index contributed by atoms with van der Waals surface area (Å²) in [5, 5.41) is 15.5. The first-order valence-electron chi connectivity index (χ1n) is 10.6. The molecule has 1 aromatic carbocycles. The van der Waals surface area contributed by atoms with E-state index in [0.717, 1.165) is 34.8 Å². The van der Waals surface area contributed by atoms with Crippen molar-refractivity contribution >= 4 is 29.9 Å². The average molecular weight is 526 g/mol. The molecule has 0 atom stereocenters.